The van der Waals surface area contributed by atoms with Gasteiger partial charge in [-0.15, -0.1) is 0 Å². The van der Waals surface area contributed by atoms with E-state index in [4.69, 9.17) is 5.11 Å². The number of nitrogens with one attached hydrogen (secondary N) is 1. The Morgan fingerprint density at radius 1 is 1.11 bits per heavy atom. The fraction of sp³-hybridized carbons (Fsp3) is 0.727. The minimum absolute atomic E-state index is 0.273. The van der Waals surface area contributed by atoms with Gasteiger partial charge in [-0.2, -0.15) is 0 Å². The molecule has 1 rings (SSSR count). The Morgan fingerprint density at radius 2 is 1.75 bits per heavy atom. The van der Waals surface area contributed by atoms with Crippen LogP contribution in [0.4, 0.5) is 10.2 Å². The van der Waals surface area contributed by atoms with Crippen molar-refractivity contribution in [2.45, 2.75) is 65.7 Å². The van der Waals surface area contributed by atoms with Crippen molar-refractivity contribution in [2.24, 2.45) is 0 Å². The van der Waals surface area contributed by atoms with Gasteiger partial charge in [-0.3, -0.25) is 4.39 Å². The lowest BCUT2D eigenvalue weighted by molar-refractivity contribution is -0.108. The highest BCUT2D eigenvalue weighted by atomic mass is 19.1. The maximum absolute atomic E-state index is 12.4. The van der Waals surface area contributed by atoms with Crippen molar-refractivity contribution in [3.8, 4) is 0 Å². The molecule has 0 atom stereocenters. The summed E-state index contributed by atoms with van der Waals surface area (Å²) in [6.45, 7) is 8.48. The molecule has 0 aromatic carbocycles. The molecule has 0 unspecified atom stereocenters. The minimum Gasteiger partial charge on any atom is -0.400 e. The van der Waals surface area contributed by atoms with E-state index in [9.17, 15) is 9.18 Å². The number of aryl methyl sites for hydroxylation is 2. The standard InChI is InChI=1S/C19H32FN3O.C2H6.CH4O/c1-3-17-10-11-18(22-19(17)21-2)9-4-5-13-23(15-8-12-20)14-6-7-16-24;2*1-2/h10-11,16H,3-9,12-15H2,1-2H3,(H,21,22);1-2H3;2H,1H3. The van der Waals surface area contributed by atoms with Gasteiger partial charge < -0.3 is 20.1 Å². The van der Waals surface area contributed by atoms with E-state index in [1.807, 2.05) is 20.9 Å². The van der Waals surface area contributed by atoms with Gasteiger partial charge >= 0.3 is 0 Å². The molecule has 1 aromatic heterocycles. The Kier molecular flexibility index (Phi) is 22.3. The van der Waals surface area contributed by atoms with Crippen LogP contribution >= 0.6 is 0 Å². The van der Waals surface area contributed by atoms with E-state index in [-0.39, 0.29) is 6.67 Å². The number of halogens is 1. The Morgan fingerprint density at radius 3 is 2.32 bits per heavy atom. The molecule has 0 fully saturated rings. The summed E-state index contributed by atoms with van der Waals surface area (Å²) in [5.41, 5.74) is 2.36. The lowest BCUT2D eigenvalue weighted by Crippen LogP contribution is -2.27. The number of aromatic nitrogens is 1. The Balaban J connectivity index is 0. The number of rotatable bonds is 14. The van der Waals surface area contributed by atoms with E-state index in [1.54, 1.807) is 0 Å². The number of carbonyl (C=O) groups excluding carboxylic acids is 1. The SMILES string of the molecule is CC.CCc1ccc(CCCCN(CCCF)CCCC=O)nc1NC.CO. The number of aliphatic hydroxyl groups excluding tert-OH is 1. The van der Waals surface area contributed by atoms with Gasteiger partial charge in [0.15, 0.2) is 0 Å². The number of hydrogen-bond acceptors (Lipinski definition) is 5. The molecule has 5 nitrogen and oxygen atoms in total. The molecule has 1 aromatic rings. The average molecular weight is 400 g/mol. The smallest absolute Gasteiger partial charge is 0.129 e. The second-order valence-electron chi connectivity index (χ2n) is 6.06. The summed E-state index contributed by atoms with van der Waals surface area (Å²) >= 11 is 0. The molecule has 0 aliphatic rings. The molecule has 0 saturated carbocycles. The molecular formula is C22H42FN3O2. The van der Waals surface area contributed by atoms with E-state index in [0.29, 0.717) is 12.8 Å². The Bertz CT molecular complexity index is 473. The third-order valence-corrected chi connectivity index (χ3v) is 4.22. The van der Waals surface area contributed by atoms with Gasteiger partial charge in [0, 0.05) is 32.8 Å². The Labute approximate surface area is 171 Å². The zero-order valence-corrected chi connectivity index (χ0v) is 18.6. The molecule has 0 radical (unpaired) electrons. The maximum Gasteiger partial charge on any atom is 0.129 e. The lowest BCUT2D eigenvalue weighted by atomic mass is 10.1. The van der Waals surface area contributed by atoms with Crippen LogP contribution in [0, 0.1) is 0 Å². The van der Waals surface area contributed by atoms with Crippen molar-refractivity contribution in [3.05, 3.63) is 23.4 Å². The highest BCUT2D eigenvalue weighted by Gasteiger charge is 2.06. The van der Waals surface area contributed by atoms with Crippen LogP contribution in [0.25, 0.3) is 0 Å². The van der Waals surface area contributed by atoms with Crippen LogP contribution in [0.15, 0.2) is 12.1 Å². The third kappa shape index (κ3) is 13.6. The van der Waals surface area contributed by atoms with Crippen LogP contribution in [0.2, 0.25) is 0 Å². The largest absolute Gasteiger partial charge is 0.400 e. The maximum atomic E-state index is 12.4. The number of aldehydes is 1. The fourth-order valence-corrected chi connectivity index (χ4v) is 2.83. The van der Waals surface area contributed by atoms with Gasteiger partial charge in [-0.25, -0.2) is 4.98 Å². The van der Waals surface area contributed by atoms with Gasteiger partial charge in [0.2, 0.25) is 0 Å². The number of alkyl halides is 1. The molecule has 28 heavy (non-hydrogen) atoms. The summed E-state index contributed by atoms with van der Waals surface area (Å²) in [6, 6.07) is 4.27. The number of hydrogen-bond donors (Lipinski definition) is 2. The predicted octanol–water partition coefficient (Wildman–Crippen LogP) is 4.28. The highest BCUT2D eigenvalue weighted by molar-refractivity contribution is 5.49. The van der Waals surface area contributed by atoms with Crippen molar-refractivity contribution in [2.75, 3.05) is 45.8 Å². The van der Waals surface area contributed by atoms with E-state index in [1.165, 1.54) is 5.56 Å². The number of pyridine rings is 1. The van der Waals surface area contributed by atoms with E-state index in [2.05, 4.69) is 34.3 Å². The highest BCUT2D eigenvalue weighted by Crippen LogP contribution is 2.15. The molecule has 0 spiro atoms. The van der Waals surface area contributed by atoms with Crippen LogP contribution in [0.1, 0.15) is 64.1 Å². The van der Waals surface area contributed by atoms with Crippen LogP contribution in [0.3, 0.4) is 0 Å². The molecular weight excluding hydrogens is 357 g/mol. The van der Waals surface area contributed by atoms with Crippen LogP contribution in [-0.2, 0) is 17.6 Å². The summed E-state index contributed by atoms with van der Waals surface area (Å²) in [4.78, 5) is 17.4. The first-order valence-electron chi connectivity index (χ1n) is 10.6. The van der Waals surface area contributed by atoms with Crippen molar-refractivity contribution < 1.29 is 14.3 Å². The second-order valence-corrected chi connectivity index (χ2v) is 6.06. The van der Waals surface area contributed by atoms with Gasteiger partial charge in [-0.1, -0.05) is 26.8 Å². The monoisotopic (exact) mass is 399 g/mol. The molecule has 6 heteroatoms. The minimum atomic E-state index is -0.273. The third-order valence-electron chi connectivity index (χ3n) is 4.22. The first-order valence-corrected chi connectivity index (χ1v) is 10.6. The Hall–Kier alpha value is -1.53. The fourth-order valence-electron chi connectivity index (χ4n) is 2.83. The van der Waals surface area contributed by atoms with Crippen molar-refractivity contribution in [3.63, 3.8) is 0 Å². The van der Waals surface area contributed by atoms with Crippen molar-refractivity contribution in [1.29, 1.82) is 0 Å². The molecule has 0 aliphatic carbocycles. The normalized spacial score (nSPS) is 9.86. The summed E-state index contributed by atoms with van der Waals surface area (Å²) in [6.07, 6.45) is 7.07. The number of unbranched alkanes of at least 4 members (excludes halogenated alkanes) is 2. The van der Waals surface area contributed by atoms with Crippen LogP contribution < -0.4 is 5.32 Å². The quantitative estimate of drug-likeness (QED) is 0.361. The van der Waals surface area contributed by atoms with E-state index < -0.39 is 0 Å². The molecule has 164 valence electrons. The number of carbonyl (C=O) groups is 1. The first-order chi connectivity index (χ1) is 13.7. The average Bonchev–Trinajstić information content (AvgIpc) is 2.77. The van der Waals surface area contributed by atoms with E-state index >= 15 is 0 Å². The van der Waals surface area contributed by atoms with Crippen LogP contribution in [0.5, 0.6) is 0 Å². The zero-order chi connectivity index (χ0) is 21.6. The number of aliphatic hydroxyl groups is 1. The molecule has 2 N–H and O–H groups in total. The topological polar surface area (TPSA) is 65.5 Å². The lowest BCUT2D eigenvalue weighted by Gasteiger charge is -2.21. The summed E-state index contributed by atoms with van der Waals surface area (Å²) in [7, 11) is 2.91. The summed E-state index contributed by atoms with van der Waals surface area (Å²) < 4.78 is 12.4. The molecule has 0 amide bonds. The molecule has 0 saturated heterocycles. The number of nitrogens with zero attached hydrogens (tertiary/aromatic N) is 2. The van der Waals surface area contributed by atoms with E-state index in [0.717, 1.165) is 76.6 Å². The van der Waals surface area contributed by atoms with Crippen molar-refractivity contribution >= 4 is 12.1 Å². The predicted molar refractivity (Wildman–Crippen MR) is 118 cm³/mol. The summed E-state index contributed by atoms with van der Waals surface area (Å²) in [5.74, 6) is 0.980. The van der Waals surface area contributed by atoms with Crippen LogP contribution in [-0.4, -0.2) is 61.7 Å². The zero-order valence-electron chi connectivity index (χ0n) is 18.6. The van der Waals surface area contributed by atoms with Gasteiger partial charge in [0.1, 0.15) is 12.1 Å². The summed E-state index contributed by atoms with van der Waals surface area (Å²) in [5, 5.41) is 10.2. The van der Waals surface area contributed by atoms with Gasteiger partial charge in [0.25, 0.3) is 0 Å². The number of anilines is 1. The first kappa shape index (κ1) is 28.7. The molecule has 0 bridgehead atoms. The molecule has 0 aliphatic heterocycles. The van der Waals surface area contributed by atoms with Gasteiger partial charge in [0.05, 0.1) is 6.67 Å². The van der Waals surface area contributed by atoms with Crippen molar-refractivity contribution in [1.82, 2.24) is 9.88 Å². The van der Waals surface area contributed by atoms with Gasteiger partial charge in [-0.05, 0) is 63.2 Å². The molecule has 1 heterocycles. The second kappa shape index (κ2) is 21.8.